The fourth-order valence-electron chi connectivity index (χ4n) is 4.09. The van der Waals surface area contributed by atoms with E-state index in [2.05, 4.69) is 14.9 Å². The van der Waals surface area contributed by atoms with Crippen LogP contribution in [0.25, 0.3) is 17.3 Å². The number of sulfonamides is 1. The van der Waals surface area contributed by atoms with Gasteiger partial charge in [-0.2, -0.15) is 0 Å². The van der Waals surface area contributed by atoms with Gasteiger partial charge in [0.15, 0.2) is 5.76 Å². The zero-order valence-corrected chi connectivity index (χ0v) is 21.7. The summed E-state index contributed by atoms with van der Waals surface area (Å²) in [7, 11) is 0.768. The highest BCUT2D eigenvalue weighted by Crippen LogP contribution is 2.38. The average Bonchev–Trinajstić information content (AvgIpc) is 3.46. The number of carbonyl (C=O) groups excluding carboxylic acids is 1. The SMILES string of the molecule is COc1cccc(OC)c1-n1c(NS(=O)(=O)CCN2C(=O)N(C)CC[C@H]2C)nnc1-c1ccc(C)o1. The van der Waals surface area contributed by atoms with Gasteiger partial charge in [0.2, 0.25) is 21.8 Å². The lowest BCUT2D eigenvalue weighted by Gasteiger charge is -2.38. The summed E-state index contributed by atoms with van der Waals surface area (Å²) in [6, 6.07) is 8.42. The molecule has 1 aromatic carbocycles. The summed E-state index contributed by atoms with van der Waals surface area (Å²) < 4.78 is 47.1. The van der Waals surface area contributed by atoms with Crippen LogP contribution >= 0.6 is 0 Å². The van der Waals surface area contributed by atoms with Gasteiger partial charge in [0.05, 0.1) is 20.0 Å². The minimum absolute atomic E-state index is 0.0377. The molecule has 0 bridgehead atoms. The largest absolute Gasteiger partial charge is 0.494 e. The summed E-state index contributed by atoms with van der Waals surface area (Å²) in [6.45, 7) is 4.38. The second-order valence-corrected chi connectivity index (χ2v) is 10.4. The number of hydrogen-bond acceptors (Lipinski definition) is 8. The monoisotopic (exact) mass is 518 g/mol. The second-order valence-electron chi connectivity index (χ2n) is 8.56. The van der Waals surface area contributed by atoms with Crippen molar-refractivity contribution in [2.45, 2.75) is 26.3 Å². The summed E-state index contributed by atoms with van der Waals surface area (Å²) in [4.78, 5) is 15.7. The van der Waals surface area contributed by atoms with Crippen LogP contribution in [-0.2, 0) is 10.0 Å². The molecule has 0 unspecified atom stereocenters. The van der Waals surface area contributed by atoms with Crippen molar-refractivity contribution < 1.29 is 27.1 Å². The number of urea groups is 1. The van der Waals surface area contributed by atoms with Gasteiger partial charge in [-0.15, -0.1) is 10.2 Å². The Morgan fingerprint density at radius 2 is 1.83 bits per heavy atom. The summed E-state index contributed by atoms with van der Waals surface area (Å²) in [5.41, 5.74) is 0.399. The Balaban J connectivity index is 1.71. The summed E-state index contributed by atoms with van der Waals surface area (Å²) in [6.07, 6.45) is 0.767. The van der Waals surface area contributed by atoms with E-state index in [4.69, 9.17) is 13.9 Å². The van der Waals surface area contributed by atoms with Crippen LogP contribution in [0.4, 0.5) is 10.7 Å². The maximum atomic E-state index is 13.2. The van der Waals surface area contributed by atoms with E-state index in [9.17, 15) is 13.2 Å². The summed E-state index contributed by atoms with van der Waals surface area (Å²) in [5, 5.41) is 8.32. The van der Waals surface area contributed by atoms with Gasteiger partial charge in [0.1, 0.15) is 22.9 Å². The number of rotatable bonds is 9. The smallest absolute Gasteiger partial charge is 0.320 e. The lowest BCUT2D eigenvalue weighted by molar-refractivity contribution is 0.118. The molecule has 0 aliphatic carbocycles. The Bertz CT molecular complexity index is 1330. The fraction of sp³-hybridized carbons (Fsp3) is 0.435. The molecular formula is C23H30N6O6S. The van der Waals surface area contributed by atoms with Crippen molar-refractivity contribution in [1.29, 1.82) is 0 Å². The third-order valence-electron chi connectivity index (χ3n) is 6.08. The highest BCUT2D eigenvalue weighted by Gasteiger charge is 2.31. The van der Waals surface area contributed by atoms with Gasteiger partial charge in [-0.3, -0.25) is 9.29 Å². The number of aromatic nitrogens is 3. The van der Waals surface area contributed by atoms with Crippen molar-refractivity contribution in [3.63, 3.8) is 0 Å². The average molecular weight is 519 g/mol. The highest BCUT2D eigenvalue weighted by atomic mass is 32.2. The molecule has 0 saturated carbocycles. The molecule has 1 aliphatic rings. The number of para-hydroxylation sites is 1. The van der Waals surface area contributed by atoms with Crippen molar-refractivity contribution in [3.8, 4) is 28.8 Å². The normalized spacial score (nSPS) is 16.4. The van der Waals surface area contributed by atoms with Gasteiger partial charge in [-0.1, -0.05) is 6.07 Å². The number of anilines is 1. The molecular weight excluding hydrogens is 488 g/mol. The third kappa shape index (κ3) is 4.96. The molecule has 194 valence electrons. The Morgan fingerprint density at radius 1 is 1.14 bits per heavy atom. The molecule has 2 aromatic heterocycles. The predicted octanol–water partition coefficient (Wildman–Crippen LogP) is 2.74. The molecule has 36 heavy (non-hydrogen) atoms. The van der Waals surface area contributed by atoms with Crippen LogP contribution < -0.4 is 14.2 Å². The standard InChI is InChI=1S/C23H30N6O6S/c1-15-11-12-27(3)23(30)28(15)13-14-36(31,32)26-22-25-24-21(19-10-9-16(2)35-19)29(22)20-17(33-4)7-6-8-18(20)34-5/h6-10,15H,11-14H2,1-5H3,(H,25,26)/t15-/m1/s1. The van der Waals surface area contributed by atoms with E-state index in [-0.39, 0.29) is 36.1 Å². The van der Waals surface area contributed by atoms with Gasteiger partial charge in [0.25, 0.3) is 0 Å². The topological polar surface area (TPSA) is 132 Å². The third-order valence-corrected chi connectivity index (χ3v) is 7.30. The van der Waals surface area contributed by atoms with Crippen LogP contribution in [0.2, 0.25) is 0 Å². The van der Waals surface area contributed by atoms with E-state index in [1.807, 2.05) is 6.92 Å². The number of nitrogens with one attached hydrogen (secondary N) is 1. The number of furan rings is 1. The summed E-state index contributed by atoms with van der Waals surface area (Å²) in [5.74, 6) is 1.72. The molecule has 4 rings (SSSR count). The Morgan fingerprint density at radius 3 is 2.44 bits per heavy atom. The Kier molecular flexibility index (Phi) is 7.11. The van der Waals surface area contributed by atoms with Gasteiger partial charge in [-0.25, -0.2) is 13.2 Å². The van der Waals surface area contributed by atoms with Crippen LogP contribution in [0.15, 0.2) is 34.7 Å². The lowest BCUT2D eigenvalue weighted by Crippen LogP contribution is -2.53. The van der Waals surface area contributed by atoms with Crippen LogP contribution in [-0.4, -0.2) is 85.2 Å². The minimum Gasteiger partial charge on any atom is -0.494 e. The number of hydrogen-bond donors (Lipinski definition) is 1. The molecule has 3 aromatic rings. The number of carbonyl (C=O) groups is 1. The van der Waals surface area contributed by atoms with E-state index in [1.165, 1.54) is 18.8 Å². The zero-order valence-electron chi connectivity index (χ0n) is 20.9. The lowest BCUT2D eigenvalue weighted by atomic mass is 10.1. The number of nitrogens with zero attached hydrogens (tertiary/aromatic N) is 5. The van der Waals surface area contributed by atoms with Gasteiger partial charge in [0, 0.05) is 26.2 Å². The maximum Gasteiger partial charge on any atom is 0.320 e. The van der Waals surface area contributed by atoms with E-state index >= 15 is 0 Å². The van der Waals surface area contributed by atoms with Crippen LogP contribution in [0.5, 0.6) is 11.5 Å². The first-order valence-electron chi connectivity index (χ1n) is 11.4. The molecule has 1 atom stereocenters. The number of aryl methyl sites for hydroxylation is 1. The van der Waals surface area contributed by atoms with Gasteiger partial charge >= 0.3 is 6.03 Å². The molecule has 2 amide bonds. The molecule has 13 heteroatoms. The number of amides is 2. The first kappa shape index (κ1) is 25.4. The first-order valence-corrected chi connectivity index (χ1v) is 13.1. The molecule has 1 fully saturated rings. The van der Waals surface area contributed by atoms with E-state index in [0.717, 1.165) is 6.42 Å². The number of methoxy groups -OCH3 is 2. The Labute approximate surface area is 209 Å². The highest BCUT2D eigenvalue weighted by molar-refractivity contribution is 7.92. The van der Waals surface area contributed by atoms with Crippen LogP contribution in [0, 0.1) is 6.92 Å². The number of ether oxygens (including phenoxy) is 2. The molecule has 0 radical (unpaired) electrons. The quantitative estimate of drug-likeness (QED) is 0.457. The molecule has 1 N–H and O–H groups in total. The van der Waals surface area contributed by atoms with Crippen molar-refractivity contribution in [2.24, 2.45) is 0 Å². The van der Waals surface area contributed by atoms with Crippen molar-refractivity contribution in [1.82, 2.24) is 24.6 Å². The molecule has 3 heterocycles. The van der Waals surface area contributed by atoms with Gasteiger partial charge < -0.3 is 23.7 Å². The van der Waals surface area contributed by atoms with Crippen LogP contribution in [0.1, 0.15) is 19.1 Å². The molecule has 0 spiro atoms. The minimum atomic E-state index is -3.93. The van der Waals surface area contributed by atoms with E-state index in [1.54, 1.807) is 54.1 Å². The van der Waals surface area contributed by atoms with Crippen LogP contribution in [0.3, 0.4) is 0 Å². The molecule has 1 saturated heterocycles. The number of benzene rings is 1. The molecule has 12 nitrogen and oxygen atoms in total. The van der Waals surface area contributed by atoms with Crippen molar-refractivity contribution in [2.75, 3.05) is 44.8 Å². The Hall–Kier alpha value is -3.74. The summed E-state index contributed by atoms with van der Waals surface area (Å²) >= 11 is 0. The van der Waals surface area contributed by atoms with Crippen molar-refractivity contribution >= 4 is 22.0 Å². The zero-order chi connectivity index (χ0) is 26.0. The fourth-order valence-corrected chi connectivity index (χ4v) is 5.04. The van der Waals surface area contributed by atoms with Gasteiger partial charge in [-0.05, 0) is 44.5 Å². The second kappa shape index (κ2) is 10.1. The van der Waals surface area contributed by atoms with E-state index in [0.29, 0.717) is 35.3 Å². The van der Waals surface area contributed by atoms with E-state index < -0.39 is 10.0 Å². The van der Waals surface area contributed by atoms with Crippen molar-refractivity contribution in [3.05, 3.63) is 36.1 Å². The molecule has 1 aliphatic heterocycles. The maximum absolute atomic E-state index is 13.2. The predicted molar refractivity (Wildman–Crippen MR) is 133 cm³/mol. The first-order chi connectivity index (χ1) is 17.1.